The molecular formula is C16H22N4O3S2. The molecule has 1 aromatic heterocycles. The number of amides is 1. The molecule has 0 radical (unpaired) electrons. The highest BCUT2D eigenvalue weighted by Gasteiger charge is 2.26. The van der Waals surface area contributed by atoms with Gasteiger partial charge < -0.3 is 4.90 Å². The highest BCUT2D eigenvalue weighted by molar-refractivity contribution is 7.99. The van der Waals surface area contributed by atoms with Crippen LogP contribution in [-0.4, -0.2) is 60.9 Å². The summed E-state index contributed by atoms with van der Waals surface area (Å²) >= 11 is 1.25. The van der Waals surface area contributed by atoms with Crippen LogP contribution in [0, 0.1) is 11.3 Å². The van der Waals surface area contributed by atoms with E-state index in [0.717, 1.165) is 19.3 Å². The SMILES string of the molecule is CN(CCC#N)C(=O)CSc1ccc(S(=O)(=O)N2CCCCC2)cn1. The Hall–Kier alpha value is -1.63. The Kier molecular flexibility index (Phi) is 7.23. The molecule has 2 heterocycles. The molecule has 0 N–H and O–H groups in total. The van der Waals surface area contributed by atoms with Crippen LogP contribution in [0.15, 0.2) is 28.3 Å². The standard InChI is InChI=1S/C16H22N4O3S2/c1-19(9-5-8-17)16(21)13-24-15-7-6-14(12-18-15)25(22,23)20-10-3-2-4-11-20/h6-7,12H,2-5,9-11,13H2,1H3. The fraction of sp³-hybridized carbons (Fsp3) is 0.562. The van der Waals surface area contributed by atoms with E-state index in [2.05, 4.69) is 4.98 Å². The Bertz CT molecular complexity index is 723. The first kappa shape index (κ1) is 19.7. The van der Waals surface area contributed by atoms with E-state index in [0.29, 0.717) is 31.1 Å². The van der Waals surface area contributed by atoms with Crippen LogP contribution >= 0.6 is 11.8 Å². The second kappa shape index (κ2) is 9.17. The number of pyridine rings is 1. The van der Waals surface area contributed by atoms with Gasteiger partial charge in [-0.3, -0.25) is 4.79 Å². The van der Waals surface area contributed by atoms with E-state index in [1.54, 1.807) is 19.2 Å². The van der Waals surface area contributed by atoms with Gasteiger partial charge in [0.25, 0.3) is 0 Å². The van der Waals surface area contributed by atoms with Crippen molar-refractivity contribution >= 4 is 27.7 Å². The minimum absolute atomic E-state index is 0.0907. The summed E-state index contributed by atoms with van der Waals surface area (Å²) < 4.78 is 26.6. The predicted molar refractivity (Wildman–Crippen MR) is 95.4 cm³/mol. The molecule has 1 aliphatic heterocycles. The molecule has 1 amide bonds. The summed E-state index contributed by atoms with van der Waals surface area (Å²) in [5.41, 5.74) is 0. The molecule has 7 nitrogen and oxygen atoms in total. The van der Waals surface area contributed by atoms with Crippen molar-refractivity contribution in [1.82, 2.24) is 14.2 Å². The average molecular weight is 383 g/mol. The van der Waals surface area contributed by atoms with Crippen molar-refractivity contribution in [3.63, 3.8) is 0 Å². The molecule has 1 fully saturated rings. The number of piperidine rings is 1. The molecule has 1 saturated heterocycles. The fourth-order valence-electron chi connectivity index (χ4n) is 2.45. The second-order valence-corrected chi connectivity index (χ2v) is 8.74. The maximum atomic E-state index is 12.5. The molecule has 9 heteroatoms. The van der Waals surface area contributed by atoms with Gasteiger partial charge in [0.1, 0.15) is 4.90 Å². The van der Waals surface area contributed by atoms with Crippen molar-refractivity contribution in [1.29, 1.82) is 5.26 Å². The van der Waals surface area contributed by atoms with Crippen LogP contribution in [0.1, 0.15) is 25.7 Å². The normalized spacial score (nSPS) is 15.5. The van der Waals surface area contributed by atoms with Gasteiger partial charge in [-0.25, -0.2) is 13.4 Å². The Morgan fingerprint density at radius 3 is 2.68 bits per heavy atom. The van der Waals surface area contributed by atoms with Gasteiger partial charge in [0.05, 0.1) is 23.3 Å². The summed E-state index contributed by atoms with van der Waals surface area (Å²) in [4.78, 5) is 17.8. The number of rotatable bonds is 7. The number of carbonyl (C=O) groups is 1. The monoisotopic (exact) mass is 382 g/mol. The first-order valence-corrected chi connectivity index (χ1v) is 10.6. The highest BCUT2D eigenvalue weighted by atomic mass is 32.2. The summed E-state index contributed by atoms with van der Waals surface area (Å²) in [6.07, 6.45) is 4.51. The summed E-state index contributed by atoms with van der Waals surface area (Å²) in [6, 6.07) is 5.17. The lowest BCUT2D eigenvalue weighted by atomic mass is 10.2. The van der Waals surface area contributed by atoms with Crippen LogP contribution in [0.4, 0.5) is 0 Å². The van der Waals surface area contributed by atoms with E-state index in [1.807, 2.05) is 6.07 Å². The predicted octanol–water partition coefficient (Wildman–Crippen LogP) is 1.72. The molecule has 136 valence electrons. The van der Waals surface area contributed by atoms with E-state index in [9.17, 15) is 13.2 Å². The maximum absolute atomic E-state index is 12.5. The lowest BCUT2D eigenvalue weighted by Crippen LogP contribution is -2.35. The summed E-state index contributed by atoms with van der Waals surface area (Å²) in [6.45, 7) is 1.51. The van der Waals surface area contributed by atoms with Crippen LogP contribution in [-0.2, 0) is 14.8 Å². The molecule has 0 bridgehead atoms. The van der Waals surface area contributed by atoms with E-state index in [-0.39, 0.29) is 16.6 Å². The van der Waals surface area contributed by atoms with E-state index in [1.165, 1.54) is 27.2 Å². The summed E-state index contributed by atoms with van der Waals surface area (Å²) in [5.74, 6) is 0.111. The molecule has 2 rings (SSSR count). The van der Waals surface area contributed by atoms with Crippen LogP contribution in [0.3, 0.4) is 0 Å². The summed E-state index contributed by atoms with van der Waals surface area (Å²) in [7, 11) is -1.82. The van der Waals surface area contributed by atoms with Gasteiger partial charge in [-0.15, -0.1) is 0 Å². The van der Waals surface area contributed by atoms with Crippen LogP contribution in [0.25, 0.3) is 0 Å². The number of hydrogen-bond acceptors (Lipinski definition) is 6. The molecule has 0 unspecified atom stereocenters. The maximum Gasteiger partial charge on any atom is 0.244 e. The van der Waals surface area contributed by atoms with Crippen molar-refractivity contribution in [2.75, 3.05) is 32.4 Å². The molecule has 0 spiro atoms. The van der Waals surface area contributed by atoms with E-state index < -0.39 is 10.0 Å². The van der Waals surface area contributed by atoms with Crippen molar-refractivity contribution in [2.24, 2.45) is 0 Å². The quantitative estimate of drug-likeness (QED) is 0.667. The number of nitriles is 1. The van der Waals surface area contributed by atoms with Crippen molar-refractivity contribution < 1.29 is 13.2 Å². The second-order valence-electron chi connectivity index (χ2n) is 5.81. The fourth-order valence-corrected chi connectivity index (χ4v) is 4.69. The zero-order valence-electron chi connectivity index (χ0n) is 14.2. The number of nitrogens with zero attached hydrogens (tertiary/aromatic N) is 4. The van der Waals surface area contributed by atoms with Gasteiger partial charge in [-0.1, -0.05) is 18.2 Å². The Morgan fingerprint density at radius 2 is 2.08 bits per heavy atom. The highest BCUT2D eigenvalue weighted by Crippen LogP contribution is 2.22. The molecular weight excluding hydrogens is 360 g/mol. The van der Waals surface area contributed by atoms with Gasteiger partial charge in [0.2, 0.25) is 15.9 Å². The number of hydrogen-bond donors (Lipinski definition) is 0. The number of carbonyl (C=O) groups excluding carboxylic acids is 1. The Labute approximate surface area is 153 Å². The average Bonchev–Trinajstić information content (AvgIpc) is 2.65. The van der Waals surface area contributed by atoms with Gasteiger partial charge in [-0.2, -0.15) is 9.57 Å². The van der Waals surface area contributed by atoms with Crippen LogP contribution < -0.4 is 0 Å². The largest absolute Gasteiger partial charge is 0.344 e. The topological polar surface area (TPSA) is 94.4 Å². The lowest BCUT2D eigenvalue weighted by molar-refractivity contribution is -0.127. The van der Waals surface area contributed by atoms with Crippen molar-refractivity contribution in [3.8, 4) is 6.07 Å². The third-order valence-corrected chi connectivity index (χ3v) is 6.80. The summed E-state index contributed by atoms with van der Waals surface area (Å²) in [5, 5.41) is 9.13. The minimum atomic E-state index is -3.48. The third kappa shape index (κ3) is 5.42. The first-order valence-electron chi connectivity index (χ1n) is 8.15. The van der Waals surface area contributed by atoms with Gasteiger partial charge >= 0.3 is 0 Å². The molecule has 1 aromatic rings. The minimum Gasteiger partial charge on any atom is -0.344 e. The number of sulfonamides is 1. The molecule has 0 aliphatic carbocycles. The number of aromatic nitrogens is 1. The lowest BCUT2D eigenvalue weighted by Gasteiger charge is -2.25. The molecule has 0 atom stereocenters. The smallest absolute Gasteiger partial charge is 0.244 e. The van der Waals surface area contributed by atoms with E-state index in [4.69, 9.17) is 5.26 Å². The zero-order chi connectivity index (χ0) is 18.3. The van der Waals surface area contributed by atoms with Gasteiger partial charge in [-0.05, 0) is 25.0 Å². The van der Waals surface area contributed by atoms with E-state index >= 15 is 0 Å². The zero-order valence-corrected chi connectivity index (χ0v) is 15.9. The molecule has 25 heavy (non-hydrogen) atoms. The van der Waals surface area contributed by atoms with Crippen molar-refractivity contribution in [3.05, 3.63) is 18.3 Å². The Balaban J connectivity index is 1.93. The first-order chi connectivity index (χ1) is 11.9. The van der Waals surface area contributed by atoms with Crippen molar-refractivity contribution in [2.45, 2.75) is 35.6 Å². The number of thioether (sulfide) groups is 1. The van der Waals surface area contributed by atoms with Gasteiger partial charge in [0, 0.05) is 32.9 Å². The molecule has 0 saturated carbocycles. The van der Waals surface area contributed by atoms with Crippen LogP contribution in [0.5, 0.6) is 0 Å². The third-order valence-electron chi connectivity index (χ3n) is 3.99. The molecule has 0 aromatic carbocycles. The van der Waals surface area contributed by atoms with Crippen LogP contribution in [0.2, 0.25) is 0 Å². The van der Waals surface area contributed by atoms with Gasteiger partial charge in [0.15, 0.2) is 0 Å². The molecule has 1 aliphatic rings. The Morgan fingerprint density at radius 1 is 1.36 bits per heavy atom.